The van der Waals surface area contributed by atoms with Gasteiger partial charge < -0.3 is 14.2 Å². The highest BCUT2D eigenvalue weighted by molar-refractivity contribution is 5.88. The van der Waals surface area contributed by atoms with Gasteiger partial charge in [-0.3, -0.25) is 0 Å². The van der Waals surface area contributed by atoms with Crippen LogP contribution in [0.4, 0.5) is 4.39 Å². The van der Waals surface area contributed by atoms with Crippen molar-refractivity contribution in [3.05, 3.63) is 95.3 Å². The van der Waals surface area contributed by atoms with Crippen molar-refractivity contribution >= 4 is 24.2 Å². The molecule has 0 heterocycles. The van der Waals surface area contributed by atoms with Crippen molar-refractivity contribution in [2.45, 2.75) is 0 Å². The van der Waals surface area contributed by atoms with E-state index in [1.807, 2.05) is 42.5 Å². The summed E-state index contributed by atoms with van der Waals surface area (Å²) in [4.78, 5) is 11.9. The normalized spacial score (nSPS) is 11.0. The molecule has 0 saturated carbocycles. The molecule has 152 valence electrons. The summed E-state index contributed by atoms with van der Waals surface area (Å²) in [6.45, 7) is 0. The van der Waals surface area contributed by atoms with Gasteiger partial charge in [-0.15, -0.1) is 0 Å². The van der Waals surface area contributed by atoms with Crippen molar-refractivity contribution in [2.75, 3.05) is 14.2 Å². The summed E-state index contributed by atoms with van der Waals surface area (Å²) in [6, 6.07) is 18.6. The molecule has 0 fully saturated rings. The van der Waals surface area contributed by atoms with Crippen LogP contribution < -0.4 is 14.2 Å². The van der Waals surface area contributed by atoms with E-state index in [9.17, 15) is 9.18 Å². The van der Waals surface area contributed by atoms with Gasteiger partial charge in [0, 0.05) is 12.1 Å². The van der Waals surface area contributed by atoms with Crippen molar-refractivity contribution < 1.29 is 23.4 Å². The standard InChI is InChI=1S/C25H21FO4/c1-28-23-15-20(16-24(17-23)29-2)4-3-18-7-12-22(13-8-18)30-25(27)14-9-19-5-10-21(26)11-6-19/h3-17H,1-2H3/b4-3+,14-9+. The second-order valence-electron chi connectivity index (χ2n) is 6.35. The molecule has 3 rings (SSSR count). The SMILES string of the molecule is COc1cc(/C=C/c2ccc(OC(=O)/C=C/c3ccc(F)cc3)cc2)cc(OC)c1. The number of carbonyl (C=O) groups excluding carboxylic acids is 1. The molecule has 3 aromatic carbocycles. The maximum Gasteiger partial charge on any atom is 0.336 e. The van der Waals surface area contributed by atoms with E-state index >= 15 is 0 Å². The van der Waals surface area contributed by atoms with Gasteiger partial charge in [0.05, 0.1) is 14.2 Å². The number of hydrogen-bond acceptors (Lipinski definition) is 4. The first-order valence-corrected chi connectivity index (χ1v) is 9.22. The van der Waals surface area contributed by atoms with E-state index < -0.39 is 5.97 Å². The van der Waals surface area contributed by atoms with Crippen LogP contribution in [0, 0.1) is 5.82 Å². The lowest BCUT2D eigenvalue weighted by molar-refractivity contribution is -0.128. The number of ether oxygens (including phenoxy) is 3. The fourth-order valence-corrected chi connectivity index (χ4v) is 2.65. The van der Waals surface area contributed by atoms with Crippen LogP contribution in [0.5, 0.6) is 17.2 Å². The molecular weight excluding hydrogens is 383 g/mol. The minimum absolute atomic E-state index is 0.325. The van der Waals surface area contributed by atoms with Gasteiger partial charge in [-0.05, 0) is 59.2 Å². The molecule has 0 bridgehead atoms. The average molecular weight is 404 g/mol. The monoisotopic (exact) mass is 404 g/mol. The second-order valence-corrected chi connectivity index (χ2v) is 6.35. The van der Waals surface area contributed by atoms with E-state index in [0.717, 1.165) is 11.1 Å². The third-order valence-corrected chi connectivity index (χ3v) is 4.22. The van der Waals surface area contributed by atoms with Gasteiger partial charge in [-0.25, -0.2) is 9.18 Å². The second kappa shape index (κ2) is 10.1. The van der Waals surface area contributed by atoms with E-state index in [1.54, 1.807) is 44.6 Å². The molecule has 3 aromatic rings. The first kappa shape index (κ1) is 20.9. The predicted molar refractivity (Wildman–Crippen MR) is 116 cm³/mol. The van der Waals surface area contributed by atoms with Crippen molar-refractivity contribution in [3.63, 3.8) is 0 Å². The maximum absolute atomic E-state index is 12.9. The Labute approximate surface area is 174 Å². The van der Waals surface area contributed by atoms with Crippen LogP contribution >= 0.6 is 0 Å². The van der Waals surface area contributed by atoms with Crippen LogP contribution in [0.1, 0.15) is 16.7 Å². The Morgan fingerprint density at radius 3 is 1.83 bits per heavy atom. The van der Waals surface area contributed by atoms with Crippen LogP contribution in [0.15, 0.2) is 72.8 Å². The smallest absolute Gasteiger partial charge is 0.336 e. The van der Waals surface area contributed by atoms with Gasteiger partial charge in [0.2, 0.25) is 0 Å². The van der Waals surface area contributed by atoms with Gasteiger partial charge in [-0.2, -0.15) is 0 Å². The van der Waals surface area contributed by atoms with Crippen LogP contribution in [0.3, 0.4) is 0 Å². The molecule has 4 nitrogen and oxygen atoms in total. The number of carbonyl (C=O) groups is 1. The third-order valence-electron chi connectivity index (χ3n) is 4.22. The summed E-state index contributed by atoms with van der Waals surface area (Å²) < 4.78 is 28.7. The number of halogens is 1. The lowest BCUT2D eigenvalue weighted by Crippen LogP contribution is -2.03. The van der Waals surface area contributed by atoms with E-state index in [1.165, 1.54) is 18.2 Å². The molecule has 0 aliphatic carbocycles. The van der Waals surface area contributed by atoms with Gasteiger partial charge in [0.15, 0.2) is 0 Å². The summed E-state index contributed by atoms with van der Waals surface area (Å²) in [6.07, 6.45) is 6.75. The van der Waals surface area contributed by atoms with Crippen LogP contribution in [0.25, 0.3) is 18.2 Å². The molecule has 0 amide bonds. The predicted octanol–water partition coefficient (Wildman–Crippen LogP) is 5.63. The molecule has 0 aromatic heterocycles. The minimum atomic E-state index is -0.508. The molecule has 0 radical (unpaired) electrons. The highest BCUT2D eigenvalue weighted by atomic mass is 19.1. The molecule has 0 aliphatic heterocycles. The molecule has 0 spiro atoms. The molecular formula is C25H21FO4. The molecule has 0 aliphatic rings. The quantitative estimate of drug-likeness (QED) is 0.222. The zero-order valence-corrected chi connectivity index (χ0v) is 16.7. The number of esters is 1. The summed E-state index contributed by atoms with van der Waals surface area (Å²) in [5.41, 5.74) is 2.59. The van der Waals surface area contributed by atoms with Gasteiger partial charge >= 0.3 is 5.97 Å². The van der Waals surface area contributed by atoms with E-state index in [-0.39, 0.29) is 5.82 Å². The largest absolute Gasteiger partial charge is 0.497 e. The Bertz CT molecular complexity index is 1030. The lowest BCUT2D eigenvalue weighted by atomic mass is 10.1. The van der Waals surface area contributed by atoms with Crippen molar-refractivity contribution in [3.8, 4) is 17.2 Å². The van der Waals surface area contributed by atoms with Crippen LogP contribution in [-0.4, -0.2) is 20.2 Å². The van der Waals surface area contributed by atoms with Gasteiger partial charge in [-0.1, -0.05) is 36.4 Å². The van der Waals surface area contributed by atoms with Crippen LogP contribution in [0.2, 0.25) is 0 Å². The Morgan fingerprint density at radius 1 is 0.700 bits per heavy atom. The lowest BCUT2D eigenvalue weighted by Gasteiger charge is -2.06. The van der Waals surface area contributed by atoms with Crippen molar-refractivity contribution in [1.29, 1.82) is 0 Å². The molecule has 0 N–H and O–H groups in total. The molecule has 0 atom stereocenters. The summed E-state index contributed by atoms with van der Waals surface area (Å²) in [5, 5.41) is 0. The summed E-state index contributed by atoms with van der Waals surface area (Å²) in [5.74, 6) is 1.03. The number of hydrogen-bond donors (Lipinski definition) is 0. The van der Waals surface area contributed by atoms with Crippen LogP contribution in [-0.2, 0) is 4.79 Å². The molecule has 5 heteroatoms. The Morgan fingerprint density at radius 2 is 1.23 bits per heavy atom. The number of benzene rings is 3. The van der Waals surface area contributed by atoms with E-state index in [2.05, 4.69) is 0 Å². The topological polar surface area (TPSA) is 44.8 Å². The number of rotatable bonds is 7. The summed E-state index contributed by atoms with van der Waals surface area (Å²) >= 11 is 0. The molecule has 0 unspecified atom stereocenters. The molecule has 0 saturated heterocycles. The van der Waals surface area contributed by atoms with Crippen molar-refractivity contribution in [1.82, 2.24) is 0 Å². The Balaban J connectivity index is 1.61. The fourth-order valence-electron chi connectivity index (χ4n) is 2.65. The number of methoxy groups -OCH3 is 2. The van der Waals surface area contributed by atoms with E-state index in [0.29, 0.717) is 22.8 Å². The minimum Gasteiger partial charge on any atom is -0.497 e. The van der Waals surface area contributed by atoms with E-state index in [4.69, 9.17) is 14.2 Å². The summed E-state index contributed by atoms with van der Waals surface area (Å²) in [7, 11) is 3.22. The average Bonchev–Trinajstić information content (AvgIpc) is 2.78. The molecule has 30 heavy (non-hydrogen) atoms. The van der Waals surface area contributed by atoms with Gasteiger partial charge in [0.25, 0.3) is 0 Å². The zero-order chi connectivity index (χ0) is 21.3. The van der Waals surface area contributed by atoms with Gasteiger partial charge in [0.1, 0.15) is 23.1 Å². The first-order valence-electron chi connectivity index (χ1n) is 9.22. The maximum atomic E-state index is 12.9. The highest BCUT2D eigenvalue weighted by Gasteiger charge is 2.02. The fraction of sp³-hybridized carbons (Fsp3) is 0.0800. The third kappa shape index (κ3) is 6.07. The first-order chi connectivity index (χ1) is 14.6. The zero-order valence-electron chi connectivity index (χ0n) is 16.7. The highest BCUT2D eigenvalue weighted by Crippen LogP contribution is 2.24. The Kier molecular flexibility index (Phi) is 7.00. The van der Waals surface area contributed by atoms with Crippen molar-refractivity contribution in [2.24, 2.45) is 0 Å². The Hall–Kier alpha value is -3.86.